The van der Waals surface area contributed by atoms with Crippen molar-refractivity contribution in [3.63, 3.8) is 0 Å². The molecule has 6 heteroatoms. The van der Waals surface area contributed by atoms with Gasteiger partial charge in [-0.25, -0.2) is 0 Å². The highest BCUT2D eigenvalue weighted by atomic mass is 16.5. The van der Waals surface area contributed by atoms with Crippen LogP contribution in [0.4, 0.5) is 0 Å². The lowest BCUT2D eigenvalue weighted by Crippen LogP contribution is -2.49. The van der Waals surface area contributed by atoms with Crippen molar-refractivity contribution < 1.29 is 9.47 Å². The molecule has 3 fully saturated rings. The molecular weight excluding hydrogens is 340 g/mol. The minimum absolute atomic E-state index is 0.323. The maximum absolute atomic E-state index is 6.13. The van der Waals surface area contributed by atoms with E-state index in [4.69, 9.17) is 9.47 Å². The molecule has 6 nitrogen and oxygen atoms in total. The zero-order valence-electron chi connectivity index (χ0n) is 17.5. The van der Waals surface area contributed by atoms with E-state index in [0.717, 1.165) is 70.5 Å². The van der Waals surface area contributed by atoms with Gasteiger partial charge in [0.1, 0.15) is 0 Å². The van der Waals surface area contributed by atoms with Crippen molar-refractivity contribution >= 4 is 5.96 Å². The normalized spacial score (nSPS) is 27.1. The number of ether oxygens (including phenoxy) is 2. The number of hydrogen-bond donors (Lipinski definition) is 1. The topological polar surface area (TPSA) is 49.3 Å². The third-order valence-corrected chi connectivity index (χ3v) is 6.33. The van der Waals surface area contributed by atoms with Crippen LogP contribution in [0.1, 0.15) is 51.9 Å². The van der Waals surface area contributed by atoms with Crippen LogP contribution < -0.4 is 5.32 Å². The first-order valence-corrected chi connectivity index (χ1v) is 11.2. The standard InChI is InChI=1S/C21H40N4O2/c1-18-6-11-24(12-7-18)15-10-23-21(22-2)25-13-8-19(9-14-25)27-17-20-5-3-4-16-26-20/h18-20H,3-17H2,1-2H3,(H,22,23). The van der Waals surface area contributed by atoms with Crippen molar-refractivity contribution in [1.29, 1.82) is 0 Å². The van der Waals surface area contributed by atoms with Crippen molar-refractivity contribution in [1.82, 2.24) is 15.1 Å². The van der Waals surface area contributed by atoms with E-state index in [9.17, 15) is 0 Å². The van der Waals surface area contributed by atoms with Crippen LogP contribution in [0.15, 0.2) is 4.99 Å². The van der Waals surface area contributed by atoms with Crippen LogP contribution in [0.3, 0.4) is 0 Å². The van der Waals surface area contributed by atoms with Crippen molar-refractivity contribution in [3.8, 4) is 0 Å². The fourth-order valence-electron chi connectivity index (χ4n) is 4.36. The van der Waals surface area contributed by atoms with Gasteiger partial charge in [-0.2, -0.15) is 0 Å². The summed E-state index contributed by atoms with van der Waals surface area (Å²) in [4.78, 5) is 9.46. The Bertz CT molecular complexity index is 437. The molecule has 0 radical (unpaired) electrons. The molecule has 0 aliphatic carbocycles. The monoisotopic (exact) mass is 380 g/mol. The van der Waals surface area contributed by atoms with E-state index in [0.29, 0.717) is 12.2 Å². The van der Waals surface area contributed by atoms with E-state index in [2.05, 4.69) is 27.0 Å². The molecule has 3 aliphatic heterocycles. The lowest BCUT2D eigenvalue weighted by Gasteiger charge is -2.35. The molecule has 3 aliphatic rings. The SMILES string of the molecule is CN=C(NCCN1CCC(C)CC1)N1CCC(OCC2CCCCO2)CC1. The third-order valence-electron chi connectivity index (χ3n) is 6.33. The van der Waals surface area contributed by atoms with Gasteiger partial charge >= 0.3 is 0 Å². The summed E-state index contributed by atoms with van der Waals surface area (Å²) in [7, 11) is 1.90. The average Bonchev–Trinajstić information content (AvgIpc) is 2.72. The molecule has 3 rings (SSSR count). The molecule has 1 atom stereocenters. The van der Waals surface area contributed by atoms with E-state index in [1.54, 1.807) is 0 Å². The Balaban J connectivity index is 1.30. The van der Waals surface area contributed by atoms with Crippen molar-refractivity contribution in [2.24, 2.45) is 10.9 Å². The third kappa shape index (κ3) is 6.91. The molecule has 0 bridgehead atoms. The highest BCUT2D eigenvalue weighted by Crippen LogP contribution is 2.18. The minimum atomic E-state index is 0.323. The second-order valence-corrected chi connectivity index (χ2v) is 8.51. The number of piperidine rings is 2. The molecule has 3 heterocycles. The van der Waals surface area contributed by atoms with Crippen LogP contribution >= 0.6 is 0 Å². The van der Waals surface area contributed by atoms with Crippen LogP contribution in [0.5, 0.6) is 0 Å². The van der Waals surface area contributed by atoms with Crippen LogP contribution in [0, 0.1) is 5.92 Å². The summed E-state index contributed by atoms with van der Waals surface area (Å²) in [5.41, 5.74) is 0. The smallest absolute Gasteiger partial charge is 0.193 e. The molecule has 0 spiro atoms. The van der Waals surface area contributed by atoms with Gasteiger partial charge in [-0.1, -0.05) is 6.92 Å². The summed E-state index contributed by atoms with van der Waals surface area (Å²) in [5.74, 6) is 1.95. The van der Waals surface area contributed by atoms with E-state index >= 15 is 0 Å². The predicted molar refractivity (Wildman–Crippen MR) is 110 cm³/mol. The molecule has 0 aromatic rings. The van der Waals surface area contributed by atoms with Gasteiger partial charge in [0.25, 0.3) is 0 Å². The van der Waals surface area contributed by atoms with Gasteiger partial charge in [-0.15, -0.1) is 0 Å². The molecule has 0 aromatic carbocycles. The summed E-state index contributed by atoms with van der Waals surface area (Å²) in [6, 6.07) is 0. The Labute approximate surface area is 165 Å². The van der Waals surface area contributed by atoms with Gasteiger partial charge in [0, 0.05) is 39.8 Å². The fourth-order valence-corrected chi connectivity index (χ4v) is 4.36. The maximum atomic E-state index is 6.13. The van der Waals surface area contributed by atoms with E-state index in [1.807, 2.05) is 7.05 Å². The van der Waals surface area contributed by atoms with Crippen molar-refractivity contribution in [2.45, 2.75) is 64.1 Å². The van der Waals surface area contributed by atoms with Gasteiger partial charge in [-0.3, -0.25) is 4.99 Å². The number of nitrogens with zero attached hydrogens (tertiary/aromatic N) is 3. The number of guanidine groups is 1. The lowest BCUT2D eigenvalue weighted by atomic mass is 9.99. The van der Waals surface area contributed by atoms with Crippen LogP contribution in [-0.2, 0) is 9.47 Å². The highest BCUT2D eigenvalue weighted by Gasteiger charge is 2.24. The molecule has 0 saturated carbocycles. The molecule has 156 valence electrons. The zero-order valence-corrected chi connectivity index (χ0v) is 17.5. The number of aliphatic imine (C=N–C) groups is 1. The van der Waals surface area contributed by atoms with Crippen molar-refractivity contribution in [3.05, 3.63) is 0 Å². The number of likely N-dealkylation sites (tertiary alicyclic amines) is 2. The Morgan fingerprint density at radius 2 is 1.85 bits per heavy atom. The molecule has 1 N–H and O–H groups in total. The quantitative estimate of drug-likeness (QED) is 0.566. The summed E-state index contributed by atoms with van der Waals surface area (Å²) in [5, 5.41) is 3.57. The summed E-state index contributed by atoms with van der Waals surface area (Å²) >= 11 is 0. The largest absolute Gasteiger partial charge is 0.376 e. The van der Waals surface area contributed by atoms with Gasteiger partial charge in [0.05, 0.1) is 18.8 Å². The number of rotatable bonds is 6. The Kier molecular flexibility index (Phi) is 8.68. The van der Waals surface area contributed by atoms with Crippen LogP contribution in [-0.4, -0.2) is 87.5 Å². The lowest BCUT2D eigenvalue weighted by molar-refractivity contribution is -0.0721. The summed E-state index contributed by atoms with van der Waals surface area (Å²) < 4.78 is 11.9. The van der Waals surface area contributed by atoms with E-state index in [-0.39, 0.29) is 0 Å². The molecular formula is C21H40N4O2. The minimum Gasteiger partial charge on any atom is -0.376 e. The summed E-state index contributed by atoms with van der Waals surface area (Å²) in [6.07, 6.45) is 9.19. The first kappa shape index (κ1) is 20.9. The number of nitrogens with one attached hydrogen (secondary N) is 1. The van der Waals surface area contributed by atoms with Crippen LogP contribution in [0.2, 0.25) is 0 Å². The zero-order chi connectivity index (χ0) is 18.9. The summed E-state index contributed by atoms with van der Waals surface area (Å²) in [6.45, 7) is 10.7. The molecule has 27 heavy (non-hydrogen) atoms. The van der Waals surface area contributed by atoms with Crippen molar-refractivity contribution in [2.75, 3.05) is 59.5 Å². The molecule has 0 aromatic heterocycles. The average molecular weight is 381 g/mol. The second kappa shape index (κ2) is 11.2. The molecule has 1 unspecified atom stereocenters. The van der Waals surface area contributed by atoms with Crippen LogP contribution in [0.25, 0.3) is 0 Å². The van der Waals surface area contributed by atoms with Gasteiger partial charge in [0.2, 0.25) is 0 Å². The Morgan fingerprint density at radius 3 is 2.52 bits per heavy atom. The molecule has 0 amide bonds. The Hall–Kier alpha value is -0.850. The fraction of sp³-hybridized carbons (Fsp3) is 0.952. The Morgan fingerprint density at radius 1 is 1.07 bits per heavy atom. The number of hydrogen-bond acceptors (Lipinski definition) is 4. The van der Waals surface area contributed by atoms with Gasteiger partial charge in [0.15, 0.2) is 5.96 Å². The first-order chi connectivity index (χ1) is 13.2. The first-order valence-electron chi connectivity index (χ1n) is 11.2. The molecule has 3 saturated heterocycles. The van der Waals surface area contributed by atoms with E-state index in [1.165, 1.54) is 38.8 Å². The van der Waals surface area contributed by atoms with Gasteiger partial charge in [-0.05, 0) is 64.0 Å². The van der Waals surface area contributed by atoms with Gasteiger partial charge < -0.3 is 24.6 Å². The predicted octanol–water partition coefficient (Wildman–Crippen LogP) is 2.34. The maximum Gasteiger partial charge on any atom is 0.193 e. The highest BCUT2D eigenvalue weighted by molar-refractivity contribution is 5.79. The second-order valence-electron chi connectivity index (χ2n) is 8.51. The van der Waals surface area contributed by atoms with E-state index < -0.39 is 0 Å².